The largest absolute Gasteiger partial charge is 0.480 e. The molecule has 1 aliphatic rings. The van der Waals surface area contributed by atoms with Crippen LogP contribution in [0.3, 0.4) is 0 Å². The van der Waals surface area contributed by atoms with Gasteiger partial charge in [0, 0.05) is 12.3 Å². The van der Waals surface area contributed by atoms with Crippen molar-refractivity contribution < 1.29 is 15.0 Å². The summed E-state index contributed by atoms with van der Waals surface area (Å²) in [7, 11) is 0. The van der Waals surface area contributed by atoms with E-state index in [1.807, 2.05) is 30.3 Å². The number of nitrogens with two attached hydrogens (primary N) is 1. The smallest absolute Gasteiger partial charge is 0.324 e. The maximum absolute atomic E-state index is 11.4. The molecule has 1 saturated carbocycles. The highest BCUT2D eigenvalue weighted by Crippen LogP contribution is 2.39. The molecule has 0 saturated heterocycles. The van der Waals surface area contributed by atoms with Gasteiger partial charge in [-0.3, -0.25) is 4.79 Å². The van der Waals surface area contributed by atoms with Crippen LogP contribution in [0.1, 0.15) is 30.7 Å². The second-order valence-corrected chi connectivity index (χ2v) is 4.74. The van der Waals surface area contributed by atoms with E-state index in [2.05, 4.69) is 0 Å². The standard InChI is InChI=1S/C13H17NO3/c14-13(12(16)17)8-10(15)6-7-11(13)9-4-2-1-3-5-9/h1-5,10-11,15H,6-8,14H2,(H,16,17)/t10-,11-,13-/m1/s1. The summed E-state index contributed by atoms with van der Waals surface area (Å²) in [6.07, 6.45) is 0.706. The Hall–Kier alpha value is -1.39. The lowest BCUT2D eigenvalue weighted by atomic mass is 9.69. The highest BCUT2D eigenvalue weighted by molar-refractivity contribution is 5.80. The Labute approximate surface area is 100 Å². The Bertz CT molecular complexity index is 406. The molecule has 0 amide bonds. The van der Waals surface area contributed by atoms with Crippen LogP contribution in [0.2, 0.25) is 0 Å². The third kappa shape index (κ3) is 2.18. The van der Waals surface area contributed by atoms with Crippen molar-refractivity contribution in [3.05, 3.63) is 35.9 Å². The lowest BCUT2D eigenvalue weighted by Gasteiger charge is -2.40. The van der Waals surface area contributed by atoms with Crippen LogP contribution < -0.4 is 5.73 Å². The summed E-state index contributed by atoms with van der Waals surface area (Å²) in [6.45, 7) is 0. The van der Waals surface area contributed by atoms with E-state index in [1.54, 1.807) is 0 Å². The molecule has 3 atom stereocenters. The van der Waals surface area contributed by atoms with Crippen molar-refractivity contribution in [1.82, 2.24) is 0 Å². The fourth-order valence-corrected chi connectivity index (χ4v) is 2.64. The molecule has 0 radical (unpaired) electrons. The van der Waals surface area contributed by atoms with Crippen LogP contribution in [0.4, 0.5) is 0 Å². The third-order valence-corrected chi connectivity index (χ3v) is 3.58. The lowest BCUT2D eigenvalue weighted by Crippen LogP contribution is -2.57. The molecule has 4 N–H and O–H groups in total. The Morgan fingerprint density at radius 2 is 1.94 bits per heavy atom. The number of carboxylic acids is 1. The zero-order chi connectivity index (χ0) is 12.5. The molecule has 0 bridgehead atoms. The number of hydrogen-bond donors (Lipinski definition) is 3. The zero-order valence-electron chi connectivity index (χ0n) is 9.54. The van der Waals surface area contributed by atoms with Crippen LogP contribution >= 0.6 is 0 Å². The number of carbonyl (C=O) groups is 1. The van der Waals surface area contributed by atoms with Crippen LogP contribution in [-0.4, -0.2) is 27.8 Å². The van der Waals surface area contributed by atoms with Crippen molar-refractivity contribution in [2.75, 3.05) is 0 Å². The summed E-state index contributed by atoms with van der Waals surface area (Å²) < 4.78 is 0. The third-order valence-electron chi connectivity index (χ3n) is 3.58. The van der Waals surface area contributed by atoms with E-state index in [-0.39, 0.29) is 12.3 Å². The average molecular weight is 235 g/mol. The minimum Gasteiger partial charge on any atom is -0.480 e. The molecule has 0 spiro atoms. The van der Waals surface area contributed by atoms with E-state index in [0.717, 1.165) is 5.56 Å². The first-order chi connectivity index (χ1) is 8.04. The molecule has 0 unspecified atom stereocenters. The van der Waals surface area contributed by atoms with E-state index in [0.29, 0.717) is 12.8 Å². The molecule has 4 heteroatoms. The molecule has 1 fully saturated rings. The molecule has 0 aliphatic heterocycles. The second kappa shape index (κ2) is 4.47. The van der Waals surface area contributed by atoms with E-state index < -0.39 is 17.6 Å². The van der Waals surface area contributed by atoms with Crippen molar-refractivity contribution in [3.8, 4) is 0 Å². The maximum atomic E-state index is 11.4. The average Bonchev–Trinajstić information content (AvgIpc) is 2.30. The highest BCUT2D eigenvalue weighted by atomic mass is 16.4. The van der Waals surface area contributed by atoms with Crippen LogP contribution in [0.5, 0.6) is 0 Å². The van der Waals surface area contributed by atoms with Crippen molar-refractivity contribution in [1.29, 1.82) is 0 Å². The number of rotatable bonds is 2. The summed E-state index contributed by atoms with van der Waals surface area (Å²) in [4.78, 5) is 11.4. The molecule has 0 heterocycles. The van der Waals surface area contributed by atoms with E-state index in [9.17, 15) is 15.0 Å². The van der Waals surface area contributed by atoms with Crippen molar-refractivity contribution >= 4 is 5.97 Å². The Kier molecular flexibility index (Phi) is 3.17. The molecule has 92 valence electrons. The minimum absolute atomic E-state index is 0.113. The van der Waals surface area contributed by atoms with Gasteiger partial charge >= 0.3 is 5.97 Å². The summed E-state index contributed by atoms with van der Waals surface area (Å²) in [5.74, 6) is -1.27. The molecule has 0 aromatic heterocycles. The fourth-order valence-electron chi connectivity index (χ4n) is 2.64. The number of benzene rings is 1. The van der Waals surface area contributed by atoms with Crippen LogP contribution in [0, 0.1) is 0 Å². The normalized spacial score (nSPS) is 33.3. The van der Waals surface area contributed by atoms with Gasteiger partial charge in [-0.25, -0.2) is 0 Å². The minimum atomic E-state index is -1.36. The van der Waals surface area contributed by atoms with Crippen LogP contribution in [-0.2, 0) is 4.79 Å². The van der Waals surface area contributed by atoms with Gasteiger partial charge < -0.3 is 15.9 Å². The molecular formula is C13H17NO3. The van der Waals surface area contributed by atoms with Gasteiger partial charge in [-0.05, 0) is 18.4 Å². The predicted molar refractivity (Wildman–Crippen MR) is 63.6 cm³/mol. The van der Waals surface area contributed by atoms with Crippen molar-refractivity contribution in [3.63, 3.8) is 0 Å². The lowest BCUT2D eigenvalue weighted by molar-refractivity contribution is -0.147. The number of aliphatic hydroxyl groups is 1. The molecule has 1 aromatic carbocycles. The van der Waals surface area contributed by atoms with Gasteiger partial charge in [-0.2, -0.15) is 0 Å². The second-order valence-electron chi connectivity index (χ2n) is 4.74. The summed E-state index contributed by atoms with van der Waals surface area (Å²) >= 11 is 0. The molecule has 1 aromatic rings. The molecule has 17 heavy (non-hydrogen) atoms. The molecule has 4 nitrogen and oxygen atoms in total. The molecular weight excluding hydrogens is 218 g/mol. The van der Waals surface area contributed by atoms with Crippen molar-refractivity contribution in [2.24, 2.45) is 5.73 Å². The van der Waals surface area contributed by atoms with Crippen LogP contribution in [0.15, 0.2) is 30.3 Å². The van der Waals surface area contributed by atoms with Gasteiger partial charge in [0.05, 0.1) is 6.10 Å². The predicted octanol–water partition coefficient (Wildman–Crippen LogP) is 1.10. The van der Waals surface area contributed by atoms with Gasteiger partial charge in [0.1, 0.15) is 5.54 Å². The quantitative estimate of drug-likeness (QED) is 0.716. The fraction of sp³-hybridized carbons (Fsp3) is 0.462. The van der Waals surface area contributed by atoms with Gasteiger partial charge in [0.2, 0.25) is 0 Å². The van der Waals surface area contributed by atoms with Gasteiger partial charge in [0.25, 0.3) is 0 Å². The highest BCUT2D eigenvalue weighted by Gasteiger charge is 2.47. The Morgan fingerprint density at radius 1 is 1.29 bits per heavy atom. The Morgan fingerprint density at radius 3 is 2.53 bits per heavy atom. The van der Waals surface area contributed by atoms with Gasteiger partial charge in [-0.15, -0.1) is 0 Å². The zero-order valence-corrected chi connectivity index (χ0v) is 9.54. The SMILES string of the molecule is N[C@]1(C(=O)O)C[C@H](O)CC[C@@H]1c1ccccc1. The Balaban J connectivity index is 2.35. The number of aliphatic carboxylic acids is 1. The first kappa shape index (κ1) is 12.1. The number of aliphatic hydroxyl groups excluding tert-OH is 1. The first-order valence-electron chi connectivity index (χ1n) is 5.79. The monoisotopic (exact) mass is 235 g/mol. The first-order valence-corrected chi connectivity index (χ1v) is 5.79. The van der Waals surface area contributed by atoms with E-state index >= 15 is 0 Å². The van der Waals surface area contributed by atoms with Crippen molar-refractivity contribution in [2.45, 2.75) is 36.8 Å². The number of carboxylic acid groups (broad SMARTS) is 1. The summed E-state index contributed by atoms with van der Waals surface area (Å²) in [5, 5.41) is 18.9. The van der Waals surface area contributed by atoms with Crippen LogP contribution in [0.25, 0.3) is 0 Å². The molecule has 2 rings (SSSR count). The number of hydrogen-bond acceptors (Lipinski definition) is 3. The van der Waals surface area contributed by atoms with E-state index in [4.69, 9.17) is 5.73 Å². The summed E-state index contributed by atoms with van der Waals surface area (Å²) in [5.41, 5.74) is 5.58. The van der Waals surface area contributed by atoms with Gasteiger partial charge in [0.15, 0.2) is 0 Å². The topological polar surface area (TPSA) is 83.6 Å². The van der Waals surface area contributed by atoms with E-state index in [1.165, 1.54) is 0 Å². The summed E-state index contributed by atoms with van der Waals surface area (Å²) in [6, 6.07) is 9.44. The maximum Gasteiger partial charge on any atom is 0.324 e. The molecule has 1 aliphatic carbocycles. The van der Waals surface area contributed by atoms with Gasteiger partial charge in [-0.1, -0.05) is 30.3 Å².